The van der Waals surface area contributed by atoms with Crippen molar-refractivity contribution < 1.29 is 124 Å². The first-order valence-electron chi connectivity index (χ1n) is 39.2. The Morgan fingerprint density at radius 3 is 0.949 bits per heavy atom. The van der Waals surface area contributed by atoms with E-state index in [2.05, 4.69) is 0 Å². The molecule has 4 heterocycles. The van der Waals surface area contributed by atoms with Crippen LogP contribution in [0.1, 0.15) is 80.5 Å². The lowest BCUT2D eigenvalue weighted by Crippen LogP contribution is -2.67. The highest BCUT2D eigenvalue weighted by atomic mass is 32.2. The summed E-state index contributed by atoms with van der Waals surface area (Å²) in [7, 11) is 0. The van der Waals surface area contributed by atoms with Gasteiger partial charge in [0, 0.05) is 46.4 Å². The zero-order valence-electron chi connectivity index (χ0n) is 66.4. The van der Waals surface area contributed by atoms with Crippen molar-refractivity contribution in [1.82, 2.24) is 0 Å². The van der Waals surface area contributed by atoms with E-state index in [4.69, 9.17) is 94.7 Å². The zero-order chi connectivity index (χ0) is 82.5. The van der Waals surface area contributed by atoms with Crippen LogP contribution in [0.3, 0.4) is 0 Å². The minimum absolute atomic E-state index is 0.0193. The number of carbonyl (C=O) groups is 6. The fraction of sp³-hybridized carbons (Fsp3) is 0.407. The Morgan fingerprint density at radius 2 is 0.542 bits per heavy atom. The molecular weight excluding hydrogens is 1540 g/mol. The van der Waals surface area contributed by atoms with Crippen LogP contribution in [0.25, 0.3) is 0 Å². The van der Waals surface area contributed by atoms with Gasteiger partial charge in [-0.15, -0.1) is 0 Å². The molecule has 4 fully saturated rings. The molecule has 0 aliphatic carbocycles. The molecule has 118 heavy (non-hydrogen) atoms. The summed E-state index contributed by atoms with van der Waals surface area (Å²) in [6.45, 7) is 5.76. The lowest BCUT2D eigenvalue weighted by atomic mass is 9.95. The van der Waals surface area contributed by atoms with Crippen LogP contribution in [0.4, 0.5) is 0 Å². The minimum atomic E-state index is -1.93. The maximum atomic E-state index is 13.9. The van der Waals surface area contributed by atoms with E-state index < -0.39 is 171 Å². The van der Waals surface area contributed by atoms with Crippen molar-refractivity contribution in [2.75, 3.05) is 26.4 Å². The summed E-state index contributed by atoms with van der Waals surface area (Å²) >= 11 is 1.12. The molecule has 27 heteroatoms. The maximum absolute atomic E-state index is 13.9. The van der Waals surface area contributed by atoms with Gasteiger partial charge in [0.15, 0.2) is 49.4 Å². The number of carbonyl (C=O) groups excluding carboxylic acids is 6. The van der Waals surface area contributed by atoms with Gasteiger partial charge in [-0.05, 0) is 51.1 Å². The van der Waals surface area contributed by atoms with E-state index in [0.29, 0.717) is 4.90 Å². The van der Waals surface area contributed by atoms with E-state index in [0.717, 1.165) is 92.2 Å². The highest BCUT2D eigenvalue weighted by Crippen LogP contribution is 2.43. The second-order valence-corrected chi connectivity index (χ2v) is 29.8. The van der Waals surface area contributed by atoms with Crippen LogP contribution < -0.4 is 0 Å². The second kappa shape index (κ2) is 45.0. The van der Waals surface area contributed by atoms with Crippen molar-refractivity contribution in [3.8, 4) is 0 Å². The number of benzene rings is 8. The van der Waals surface area contributed by atoms with Gasteiger partial charge in [0.2, 0.25) is 0 Å². The molecular formula is C91H100O26S. The third kappa shape index (κ3) is 25.9. The highest BCUT2D eigenvalue weighted by Gasteiger charge is 2.60. The molecule has 20 atom stereocenters. The fourth-order valence-corrected chi connectivity index (χ4v) is 15.4. The molecule has 0 radical (unpaired) electrons. The van der Waals surface area contributed by atoms with Crippen LogP contribution in [0.15, 0.2) is 248 Å². The number of ether oxygens (including phenoxy) is 20. The van der Waals surface area contributed by atoms with Crippen LogP contribution in [0.5, 0.6) is 0 Å². The number of hydrogen-bond acceptors (Lipinski definition) is 27. The molecule has 4 aliphatic heterocycles. The van der Waals surface area contributed by atoms with E-state index in [1.54, 1.807) is 24.3 Å². The van der Waals surface area contributed by atoms with Crippen molar-refractivity contribution in [2.24, 2.45) is 0 Å². The first-order valence-corrected chi connectivity index (χ1v) is 40.1. The predicted octanol–water partition coefficient (Wildman–Crippen LogP) is 12.0. The quantitative estimate of drug-likeness (QED) is 0.0255. The average molecular weight is 1640 g/mol. The topological polar surface area (TPSA) is 287 Å². The van der Waals surface area contributed by atoms with Gasteiger partial charge in [-0.2, -0.15) is 0 Å². The molecule has 0 amide bonds. The minimum Gasteiger partial charge on any atom is -0.463 e. The fourth-order valence-electron chi connectivity index (χ4n) is 14.3. The Hall–Kier alpha value is -9.63. The van der Waals surface area contributed by atoms with Crippen LogP contribution in [-0.4, -0.2) is 184 Å². The molecule has 626 valence electrons. The summed E-state index contributed by atoms with van der Waals surface area (Å²) in [5.41, 5.74) is 4.62. The van der Waals surface area contributed by atoms with Gasteiger partial charge in [-0.3, -0.25) is 28.8 Å². The summed E-state index contributed by atoms with van der Waals surface area (Å²) in [6, 6.07) is 76.6. The third-order valence-corrected chi connectivity index (χ3v) is 20.7. The summed E-state index contributed by atoms with van der Waals surface area (Å²) in [6.07, 6.45) is -26.8. The molecule has 4 aliphatic rings. The van der Waals surface area contributed by atoms with Crippen LogP contribution in [0.2, 0.25) is 0 Å². The summed E-state index contributed by atoms with van der Waals surface area (Å²) < 4.78 is 136. The second-order valence-electron chi connectivity index (χ2n) is 28.6. The smallest absolute Gasteiger partial charge is 0.303 e. The molecule has 0 spiro atoms. The van der Waals surface area contributed by atoms with Crippen LogP contribution in [0, 0.1) is 0 Å². The van der Waals surface area contributed by atoms with Crippen molar-refractivity contribution >= 4 is 47.6 Å². The molecule has 4 saturated heterocycles. The van der Waals surface area contributed by atoms with Crippen molar-refractivity contribution in [3.05, 3.63) is 282 Å². The first-order chi connectivity index (χ1) is 57.4. The third-order valence-electron chi connectivity index (χ3n) is 19.5. The van der Waals surface area contributed by atoms with Crippen molar-refractivity contribution in [2.45, 2.75) is 215 Å². The maximum Gasteiger partial charge on any atom is 0.303 e. The van der Waals surface area contributed by atoms with Crippen molar-refractivity contribution in [1.29, 1.82) is 0 Å². The Bertz CT molecular complexity index is 4360. The van der Waals surface area contributed by atoms with E-state index in [1.807, 2.05) is 218 Å². The predicted molar refractivity (Wildman–Crippen MR) is 424 cm³/mol. The monoisotopic (exact) mass is 1640 g/mol. The summed E-state index contributed by atoms with van der Waals surface area (Å²) in [4.78, 5) is 80.4. The van der Waals surface area contributed by atoms with Gasteiger partial charge in [0.1, 0.15) is 79.2 Å². The van der Waals surface area contributed by atoms with E-state index >= 15 is 0 Å². The molecule has 8 aromatic carbocycles. The zero-order valence-corrected chi connectivity index (χ0v) is 67.3. The molecule has 0 unspecified atom stereocenters. The average Bonchev–Trinajstić information content (AvgIpc) is 0.764. The Morgan fingerprint density at radius 1 is 0.254 bits per heavy atom. The van der Waals surface area contributed by atoms with Crippen LogP contribution >= 0.6 is 11.8 Å². The Balaban J connectivity index is 0.993. The standard InChI is InChI=1S/C91H100O26S/c1-58(92)100-56-74-78(107-59(2)93)82(108-60(3)94)86(110-62(5)96)90(114-74)117-79-75(115-91(118-71-45-29-14-30-46-71)87(111-63(6)97)83(79)109-61(4)95)57-106-88-84(104-52-69-41-25-12-26-42-69)81(103-51-68-39-23-11-24-40-68)77(73(112-88)55-99-48-65-33-17-8-18-34-65)116-89-85(105-53-70-43-27-13-28-44-70)80(102-50-67-37-21-10-22-38-67)76(101-49-66-35-19-9-20-36-66)72(113-89)54-98-47-64-31-15-7-16-32-64/h7-46,72-91H,47-57H2,1-6H3/t72-,73-,74-,75-,76-,77-,78-,79-,80+,81+,82+,83+,84-,85-,86-,87-,88+,89-,90-,91+/m1/s1. The Kier molecular flexibility index (Phi) is 33.4. The molecule has 26 nitrogen and oxygen atoms in total. The lowest BCUT2D eigenvalue weighted by Gasteiger charge is -2.51. The molecule has 0 N–H and O–H groups in total. The number of hydrogen-bond donors (Lipinski definition) is 0. The number of esters is 6. The van der Waals surface area contributed by atoms with Gasteiger partial charge in [0.05, 0.1) is 66.1 Å². The van der Waals surface area contributed by atoms with E-state index in [1.165, 1.54) is 0 Å². The SMILES string of the molecule is CC(=O)OC[C@H]1O[C@H](O[C@H]2[C@H](OC(C)=O)[C@@H](OC(C)=O)[C@H](Sc3ccccc3)O[C@@H]2CO[C@H]2O[C@H](COCc3ccccc3)[C@@H](O[C@H]3O[C@H](COCc4ccccc4)[C@@H](OCc4ccccc4)[C@H](OCc4ccccc4)[C@H]3OCc3ccccc3)[C@H](OCc3ccccc3)[C@H]2OCc2ccccc2)[C@H](OC(C)=O)[C@@H](OC(C)=O)[C@@H]1OC(C)=O. The van der Waals surface area contributed by atoms with E-state index in [-0.39, 0.29) is 59.5 Å². The molecule has 0 aromatic heterocycles. The highest BCUT2D eigenvalue weighted by molar-refractivity contribution is 7.99. The number of thioether (sulfide) groups is 1. The molecule has 0 saturated carbocycles. The first kappa shape index (κ1) is 87.7. The number of rotatable bonds is 39. The van der Waals surface area contributed by atoms with Gasteiger partial charge in [0.25, 0.3) is 0 Å². The van der Waals surface area contributed by atoms with Gasteiger partial charge in [-0.25, -0.2) is 0 Å². The van der Waals surface area contributed by atoms with Gasteiger partial charge < -0.3 is 94.7 Å². The summed E-state index contributed by atoms with van der Waals surface area (Å²) in [5.74, 6) is -5.21. The largest absolute Gasteiger partial charge is 0.463 e. The lowest BCUT2D eigenvalue weighted by molar-refractivity contribution is -0.381. The molecule has 0 bridgehead atoms. The molecule has 12 rings (SSSR count). The molecule has 8 aromatic rings. The van der Waals surface area contributed by atoms with Crippen molar-refractivity contribution in [3.63, 3.8) is 0 Å². The Labute approximate surface area is 690 Å². The normalized spacial score (nSPS) is 26.9. The van der Waals surface area contributed by atoms with Gasteiger partial charge >= 0.3 is 35.8 Å². The van der Waals surface area contributed by atoms with E-state index in [9.17, 15) is 28.8 Å². The van der Waals surface area contributed by atoms with Crippen LogP contribution in [-0.2, 0) is 170 Å². The van der Waals surface area contributed by atoms with Gasteiger partial charge in [-0.1, -0.05) is 242 Å². The summed E-state index contributed by atoms with van der Waals surface area (Å²) in [5, 5.41) is 0.